The van der Waals surface area contributed by atoms with E-state index >= 15 is 0 Å². The molecule has 0 aromatic carbocycles. The van der Waals surface area contributed by atoms with Gasteiger partial charge in [-0.2, -0.15) is 0 Å². The fourth-order valence-electron chi connectivity index (χ4n) is 0.350. The molecule has 2 heteroatoms. The van der Waals surface area contributed by atoms with E-state index in [-0.39, 0.29) is 0 Å². The van der Waals surface area contributed by atoms with Crippen LogP contribution in [0.5, 0.6) is 0 Å². The van der Waals surface area contributed by atoms with E-state index in [0.29, 0.717) is 11.5 Å². The van der Waals surface area contributed by atoms with Gasteiger partial charge in [0.25, 0.3) is 0 Å². The molecule has 0 saturated carbocycles. The van der Waals surface area contributed by atoms with Gasteiger partial charge < -0.3 is 0 Å². The Bertz CT molecular complexity index is 70.9. The standard InChI is InChI=1S/C6H10Si2/c1-3-5(2)6(8)4-7/h3,5-6H,1,4H2,2H3. The van der Waals surface area contributed by atoms with E-state index in [9.17, 15) is 0 Å². The molecule has 0 spiro atoms. The Labute approximate surface area is 58.2 Å². The van der Waals surface area contributed by atoms with E-state index in [0.717, 1.165) is 6.04 Å². The van der Waals surface area contributed by atoms with Gasteiger partial charge in [-0.1, -0.05) is 19.0 Å². The Kier molecular flexibility index (Phi) is 4.18. The van der Waals surface area contributed by atoms with Crippen molar-refractivity contribution in [1.29, 1.82) is 0 Å². The van der Waals surface area contributed by atoms with Crippen LogP contribution >= 0.6 is 0 Å². The molecule has 0 aliphatic carbocycles. The molecule has 0 heterocycles. The third-order valence-corrected chi connectivity index (χ3v) is 2.80. The van der Waals surface area contributed by atoms with Gasteiger partial charge in [0, 0.05) is 20.5 Å². The second kappa shape index (κ2) is 4.09. The van der Waals surface area contributed by atoms with Gasteiger partial charge in [-0.3, -0.25) is 0 Å². The highest BCUT2D eigenvalue weighted by atomic mass is 28.2. The van der Waals surface area contributed by atoms with Crippen LogP contribution in [0.25, 0.3) is 0 Å². The van der Waals surface area contributed by atoms with Crippen molar-refractivity contribution >= 4 is 20.5 Å². The van der Waals surface area contributed by atoms with Crippen LogP contribution in [-0.2, 0) is 0 Å². The minimum Gasteiger partial charge on any atom is -0.103 e. The van der Waals surface area contributed by atoms with Gasteiger partial charge in [0.1, 0.15) is 0 Å². The number of hydrogen-bond acceptors (Lipinski definition) is 0. The summed E-state index contributed by atoms with van der Waals surface area (Å²) in [6, 6.07) is 0.976. The summed E-state index contributed by atoms with van der Waals surface area (Å²) < 4.78 is 0. The second-order valence-corrected chi connectivity index (χ2v) is 3.06. The van der Waals surface area contributed by atoms with Crippen molar-refractivity contribution in [3.63, 3.8) is 0 Å². The van der Waals surface area contributed by atoms with E-state index in [2.05, 4.69) is 34.0 Å². The smallest absolute Gasteiger partial charge is 0.0269 e. The van der Waals surface area contributed by atoms with Gasteiger partial charge >= 0.3 is 0 Å². The van der Waals surface area contributed by atoms with Crippen molar-refractivity contribution in [2.45, 2.75) is 18.5 Å². The van der Waals surface area contributed by atoms with Gasteiger partial charge in [0.2, 0.25) is 0 Å². The molecule has 2 unspecified atom stereocenters. The second-order valence-electron chi connectivity index (χ2n) is 1.91. The highest BCUT2D eigenvalue weighted by Gasteiger charge is 2.03. The molecule has 0 fully saturated rings. The molecule has 0 amide bonds. The lowest BCUT2D eigenvalue weighted by Crippen LogP contribution is -2.00. The van der Waals surface area contributed by atoms with Gasteiger partial charge in [0.05, 0.1) is 0 Å². The quantitative estimate of drug-likeness (QED) is 0.408. The summed E-state index contributed by atoms with van der Waals surface area (Å²) in [6.07, 6.45) is 1.94. The largest absolute Gasteiger partial charge is 0.103 e. The SMILES string of the molecule is C=CC(C)C([Si])C[Si]. The third-order valence-electron chi connectivity index (χ3n) is 1.23. The zero-order chi connectivity index (χ0) is 6.57. The highest BCUT2D eigenvalue weighted by Crippen LogP contribution is 2.17. The molecule has 0 nitrogen and oxygen atoms in total. The third kappa shape index (κ3) is 2.47. The summed E-state index contributed by atoms with van der Waals surface area (Å²) in [4.78, 5) is 0. The summed E-state index contributed by atoms with van der Waals surface area (Å²) in [5.41, 5.74) is 0.518. The van der Waals surface area contributed by atoms with E-state index < -0.39 is 0 Å². The maximum atomic E-state index is 3.68. The van der Waals surface area contributed by atoms with Gasteiger partial charge in [0.15, 0.2) is 0 Å². The minimum atomic E-state index is 0.518. The Balaban J connectivity index is 3.44. The minimum absolute atomic E-state index is 0.518. The van der Waals surface area contributed by atoms with Crippen LogP contribution in [0.3, 0.4) is 0 Å². The van der Waals surface area contributed by atoms with Gasteiger partial charge in [-0.05, 0) is 11.5 Å². The first-order chi connectivity index (χ1) is 3.72. The summed E-state index contributed by atoms with van der Waals surface area (Å²) in [5, 5.41) is 0. The number of allylic oxidation sites excluding steroid dienone is 1. The maximum Gasteiger partial charge on any atom is 0.0269 e. The topological polar surface area (TPSA) is 0 Å². The van der Waals surface area contributed by atoms with E-state index in [1.165, 1.54) is 0 Å². The molecular formula is C6H10Si2. The molecule has 2 atom stereocenters. The molecule has 8 heavy (non-hydrogen) atoms. The number of rotatable bonds is 3. The summed E-state index contributed by atoms with van der Waals surface area (Å²) in [5.74, 6) is 0.546. The maximum absolute atomic E-state index is 3.68. The average Bonchev–Trinajstić information content (AvgIpc) is 1.84. The van der Waals surface area contributed by atoms with Crippen molar-refractivity contribution in [2.75, 3.05) is 0 Å². The van der Waals surface area contributed by atoms with Crippen LogP contribution in [0.15, 0.2) is 12.7 Å². The van der Waals surface area contributed by atoms with Crippen LogP contribution in [0.2, 0.25) is 11.6 Å². The first-order valence-electron chi connectivity index (χ1n) is 2.70. The van der Waals surface area contributed by atoms with E-state index in [4.69, 9.17) is 0 Å². The van der Waals surface area contributed by atoms with Crippen LogP contribution in [0, 0.1) is 5.92 Å². The Hall–Kier alpha value is 0.174. The molecule has 0 aromatic heterocycles. The van der Waals surface area contributed by atoms with Crippen LogP contribution in [-0.4, -0.2) is 20.5 Å². The normalized spacial score (nSPS) is 17.4. The molecule has 0 bridgehead atoms. The fourth-order valence-corrected chi connectivity index (χ4v) is 0.858. The first-order valence-corrected chi connectivity index (χ1v) is 3.99. The van der Waals surface area contributed by atoms with Crippen molar-refractivity contribution in [2.24, 2.45) is 5.92 Å². The van der Waals surface area contributed by atoms with Crippen molar-refractivity contribution < 1.29 is 0 Å². The van der Waals surface area contributed by atoms with Crippen LogP contribution < -0.4 is 0 Å². The first kappa shape index (κ1) is 8.17. The molecule has 0 aromatic rings. The molecule has 0 aliphatic heterocycles. The zero-order valence-electron chi connectivity index (χ0n) is 5.15. The predicted molar refractivity (Wildman–Crippen MR) is 39.4 cm³/mol. The number of hydrogen-bond donors (Lipinski definition) is 0. The lowest BCUT2D eigenvalue weighted by Gasteiger charge is -2.11. The van der Waals surface area contributed by atoms with E-state index in [1.54, 1.807) is 0 Å². The Morgan fingerprint density at radius 2 is 2.25 bits per heavy atom. The average molecular weight is 138 g/mol. The molecule has 6 radical (unpaired) electrons. The zero-order valence-corrected chi connectivity index (χ0v) is 7.15. The fraction of sp³-hybridized carbons (Fsp3) is 0.667. The van der Waals surface area contributed by atoms with Gasteiger partial charge in [-0.25, -0.2) is 0 Å². The van der Waals surface area contributed by atoms with Crippen LogP contribution in [0.1, 0.15) is 6.92 Å². The van der Waals surface area contributed by atoms with Crippen molar-refractivity contribution in [1.82, 2.24) is 0 Å². The summed E-state index contributed by atoms with van der Waals surface area (Å²) >= 11 is 0. The molecule has 0 N–H and O–H groups in total. The molecular weight excluding hydrogens is 128 g/mol. The molecule has 42 valence electrons. The Morgan fingerprint density at radius 1 is 1.75 bits per heavy atom. The van der Waals surface area contributed by atoms with E-state index in [1.807, 2.05) is 6.08 Å². The van der Waals surface area contributed by atoms with Gasteiger partial charge in [-0.15, -0.1) is 6.58 Å². The molecule has 0 saturated heterocycles. The van der Waals surface area contributed by atoms with Crippen molar-refractivity contribution in [3.8, 4) is 0 Å². The highest BCUT2D eigenvalue weighted by molar-refractivity contribution is 6.19. The molecule has 0 aliphatic rings. The monoisotopic (exact) mass is 138 g/mol. The Morgan fingerprint density at radius 3 is 2.38 bits per heavy atom. The molecule has 0 rings (SSSR count). The lowest BCUT2D eigenvalue weighted by atomic mass is 10.1. The predicted octanol–water partition coefficient (Wildman–Crippen LogP) is 1.35. The summed E-state index contributed by atoms with van der Waals surface area (Å²) in [6.45, 7) is 5.81. The van der Waals surface area contributed by atoms with Crippen LogP contribution in [0.4, 0.5) is 0 Å². The van der Waals surface area contributed by atoms with Crippen molar-refractivity contribution in [3.05, 3.63) is 12.7 Å². The summed E-state index contributed by atoms with van der Waals surface area (Å²) in [7, 11) is 6.93. The lowest BCUT2D eigenvalue weighted by molar-refractivity contribution is 0.697.